The molecule has 6 heteroatoms. The number of rotatable bonds is 4. The molecule has 1 aromatic carbocycles. The molecule has 0 atom stereocenters. The highest BCUT2D eigenvalue weighted by Crippen LogP contribution is 2.32. The van der Waals surface area contributed by atoms with Crippen LogP contribution in [-0.4, -0.2) is 24.1 Å². The zero-order chi connectivity index (χ0) is 15.5. The summed E-state index contributed by atoms with van der Waals surface area (Å²) >= 11 is 1.65. The maximum Gasteiger partial charge on any atom is 0.224 e. The molecule has 0 unspecified atom stereocenters. The largest absolute Gasteiger partial charge is 0.486 e. The fraction of sp³-hybridized carbons (Fsp3) is 0.375. The van der Waals surface area contributed by atoms with Crippen LogP contribution in [-0.2, 0) is 11.2 Å². The first-order valence-electron chi connectivity index (χ1n) is 7.24. The van der Waals surface area contributed by atoms with E-state index in [1.165, 1.54) is 4.88 Å². The number of carbonyl (C=O) groups excluding carboxylic acids is 1. The van der Waals surface area contributed by atoms with Crippen LogP contribution in [0.4, 0.5) is 5.69 Å². The Kier molecular flexibility index (Phi) is 4.29. The first-order chi connectivity index (χ1) is 10.6. The summed E-state index contributed by atoms with van der Waals surface area (Å²) in [5.41, 5.74) is 1.77. The summed E-state index contributed by atoms with van der Waals surface area (Å²) in [5, 5.41) is 3.89. The van der Waals surface area contributed by atoms with Crippen LogP contribution in [0.2, 0.25) is 0 Å². The SMILES string of the molecule is Cc1nc(CCC(=O)Nc2ccc3c(c2)OCCO3)sc1C. The van der Waals surface area contributed by atoms with Gasteiger partial charge in [0.05, 0.1) is 10.7 Å². The number of amides is 1. The van der Waals surface area contributed by atoms with Crippen LogP contribution >= 0.6 is 11.3 Å². The van der Waals surface area contributed by atoms with Crippen molar-refractivity contribution in [1.82, 2.24) is 4.98 Å². The van der Waals surface area contributed by atoms with E-state index in [1.807, 2.05) is 26.0 Å². The average molecular weight is 318 g/mol. The summed E-state index contributed by atoms with van der Waals surface area (Å²) < 4.78 is 11.0. The van der Waals surface area contributed by atoms with Gasteiger partial charge in [0.25, 0.3) is 0 Å². The molecule has 0 saturated heterocycles. The van der Waals surface area contributed by atoms with Crippen LogP contribution in [0.25, 0.3) is 0 Å². The van der Waals surface area contributed by atoms with Gasteiger partial charge in [0.15, 0.2) is 11.5 Å². The van der Waals surface area contributed by atoms with Crippen molar-refractivity contribution >= 4 is 22.9 Å². The number of benzene rings is 1. The number of aromatic nitrogens is 1. The zero-order valence-electron chi connectivity index (χ0n) is 12.6. The topological polar surface area (TPSA) is 60.5 Å². The lowest BCUT2D eigenvalue weighted by molar-refractivity contribution is -0.116. The summed E-state index contributed by atoms with van der Waals surface area (Å²) in [6, 6.07) is 5.44. The predicted octanol–water partition coefficient (Wildman–Crippen LogP) is 3.10. The van der Waals surface area contributed by atoms with Gasteiger partial charge in [0, 0.05) is 29.5 Å². The van der Waals surface area contributed by atoms with E-state index in [0.29, 0.717) is 31.8 Å². The van der Waals surface area contributed by atoms with E-state index in [0.717, 1.165) is 22.1 Å². The number of aryl methyl sites for hydroxylation is 3. The van der Waals surface area contributed by atoms with Crippen LogP contribution in [0.5, 0.6) is 11.5 Å². The molecule has 5 nitrogen and oxygen atoms in total. The second-order valence-electron chi connectivity index (χ2n) is 5.16. The molecule has 1 amide bonds. The minimum atomic E-state index is -0.0258. The Morgan fingerprint density at radius 1 is 1.27 bits per heavy atom. The van der Waals surface area contributed by atoms with Gasteiger partial charge in [-0.25, -0.2) is 4.98 Å². The van der Waals surface area contributed by atoms with Crippen LogP contribution < -0.4 is 14.8 Å². The Morgan fingerprint density at radius 2 is 2.05 bits per heavy atom. The number of hydrogen-bond donors (Lipinski definition) is 1. The highest BCUT2D eigenvalue weighted by Gasteiger charge is 2.13. The van der Waals surface area contributed by atoms with Gasteiger partial charge in [0.1, 0.15) is 13.2 Å². The van der Waals surface area contributed by atoms with Crippen LogP contribution in [0, 0.1) is 13.8 Å². The lowest BCUT2D eigenvalue weighted by atomic mass is 10.2. The Balaban J connectivity index is 1.57. The van der Waals surface area contributed by atoms with Crippen molar-refractivity contribution in [3.05, 3.63) is 33.8 Å². The Hall–Kier alpha value is -2.08. The summed E-state index contributed by atoms with van der Waals surface area (Å²) in [6.07, 6.45) is 1.08. The molecule has 22 heavy (non-hydrogen) atoms. The van der Waals surface area contributed by atoms with Gasteiger partial charge in [-0.1, -0.05) is 0 Å². The molecule has 2 heterocycles. The minimum Gasteiger partial charge on any atom is -0.486 e. The predicted molar refractivity (Wildman–Crippen MR) is 86.0 cm³/mol. The second kappa shape index (κ2) is 6.36. The van der Waals surface area contributed by atoms with Gasteiger partial charge >= 0.3 is 0 Å². The lowest BCUT2D eigenvalue weighted by Crippen LogP contribution is -2.16. The Morgan fingerprint density at radius 3 is 2.77 bits per heavy atom. The molecule has 0 aliphatic carbocycles. The maximum absolute atomic E-state index is 12.0. The summed E-state index contributed by atoms with van der Waals surface area (Å²) in [7, 11) is 0. The molecule has 3 rings (SSSR count). The maximum atomic E-state index is 12.0. The third kappa shape index (κ3) is 3.39. The molecule has 1 aliphatic heterocycles. The van der Waals surface area contributed by atoms with E-state index in [4.69, 9.17) is 9.47 Å². The quantitative estimate of drug-likeness (QED) is 0.941. The molecule has 1 aliphatic rings. The molecule has 0 fully saturated rings. The van der Waals surface area contributed by atoms with E-state index in [2.05, 4.69) is 10.3 Å². The van der Waals surface area contributed by atoms with Crippen LogP contribution in [0.15, 0.2) is 18.2 Å². The van der Waals surface area contributed by atoms with Crippen molar-refractivity contribution in [1.29, 1.82) is 0 Å². The van der Waals surface area contributed by atoms with Crippen molar-refractivity contribution in [2.45, 2.75) is 26.7 Å². The molecule has 2 aromatic rings. The molecule has 0 saturated carbocycles. The van der Waals surface area contributed by atoms with Gasteiger partial charge in [-0.2, -0.15) is 0 Å². The first kappa shape index (κ1) is 14.8. The monoisotopic (exact) mass is 318 g/mol. The van der Waals surface area contributed by atoms with E-state index >= 15 is 0 Å². The summed E-state index contributed by atoms with van der Waals surface area (Å²) in [5.74, 6) is 1.37. The van der Waals surface area contributed by atoms with Crippen molar-refractivity contribution in [3.63, 3.8) is 0 Å². The molecule has 0 spiro atoms. The van der Waals surface area contributed by atoms with Crippen LogP contribution in [0.1, 0.15) is 22.0 Å². The lowest BCUT2D eigenvalue weighted by Gasteiger charge is -2.18. The van der Waals surface area contributed by atoms with E-state index in [-0.39, 0.29) is 5.91 Å². The fourth-order valence-corrected chi connectivity index (χ4v) is 3.14. The summed E-state index contributed by atoms with van der Waals surface area (Å²) in [4.78, 5) is 17.7. The number of nitrogens with one attached hydrogen (secondary N) is 1. The molecular weight excluding hydrogens is 300 g/mol. The Labute approximate surface area is 133 Å². The van der Waals surface area contributed by atoms with Crippen molar-refractivity contribution in [2.24, 2.45) is 0 Å². The number of anilines is 1. The number of fused-ring (bicyclic) bond motifs is 1. The highest BCUT2D eigenvalue weighted by molar-refractivity contribution is 7.11. The minimum absolute atomic E-state index is 0.0258. The fourth-order valence-electron chi connectivity index (χ4n) is 2.21. The third-order valence-electron chi connectivity index (χ3n) is 3.46. The van der Waals surface area contributed by atoms with E-state index in [1.54, 1.807) is 17.4 Å². The number of thiazole rings is 1. The first-order valence-corrected chi connectivity index (χ1v) is 8.06. The van der Waals surface area contributed by atoms with Crippen molar-refractivity contribution < 1.29 is 14.3 Å². The molecular formula is C16H18N2O3S. The Bertz CT molecular complexity index is 677. The van der Waals surface area contributed by atoms with Crippen LogP contribution in [0.3, 0.4) is 0 Å². The number of hydrogen-bond acceptors (Lipinski definition) is 5. The summed E-state index contributed by atoms with van der Waals surface area (Å²) in [6.45, 7) is 5.13. The van der Waals surface area contributed by atoms with Gasteiger partial charge in [-0.05, 0) is 26.0 Å². The average Bonchev–Trinajstić information content (AvgIpc) is 2.84. The smallest absolute Gasteiger partial charge is 0.224 e. The van der Waals surface area contributed by atoms with Gasteiger partial charge in [-0.15, -0.1) is 11.3 Å². The van der Waals surface area contributed by atoms with E-state index < -0.39 is 0 Å². The van der Waals surface area contributed by atoms with Gasteiger partial charge in [0.2, 0.25) is 5.91 Å². The molecule has 1 aromatic heterocycles. The standard InChI is InChI=1S/C16H18N2O3S/c1-10-11(2)22-16(17-10)6-5-15(19)18-12-3-4-13-14(9-12)21-8-7-20-13/h3-4,9H,5-8H2,1-2H3,(H,18,19). The molecule has 116 valence electrons. The second-order valence-corrected chi connectivity index (χ2v) is 6.44. The highest BCUT2D eigenvalue weighted by atomic mass is 32.1. The number of nitrogens with zero attached hydrogens (tertiary/aromatic N) is 1. The number of carbonyl (C=O) groups is 1. The third-order valence-corrected chi connectivity index (χ3v) is 4.60. The van der Waals surface area contributed by atoms with Gasteiger partial charge < -0.3 is 14.8 Å². The van der Waals surface area contributed by atoms with E-state index in [9.17, 15) is 4.79 Å². The van der Waals surface area contributed by atoms with Crippen molar-refractivity contribution in [2.75, 3.05) is 18.5 Å². The molecule has 1 N–H and O–H groups in total. The zero-order valence-corrected chi connectivity index (χ0v) is 13.5. The van der Waals surface area contributed by atoms with Crippen molar-refractivity contribution in [3.8, 4) is 11.5 Å². The molecule has 0 radical (unpaired) electrons. The normalized spacial score (nSPS) is 13.0. The van der Waals surface area contributed by atoms with Gasteiger partial charge in [-0.3, -0.25) is 4.79 Å². The number of ether oxygens (including phenoxy) is 2. The molecule has 0 bridgehead atoms.